The van der Waals surface area contributed by atoms with Crippen LogP contribution in [-0.2, 0) is 0 Å². The maximum absolute atomic E-state index is 12.6. The van der Waals surface area contributed by atoms with Crippen LogP contribution in [0.3, 0.4) is 0 Å². The molecule has 0 saturated heterocycles. The molecule has 0 aliphatic rings. The number of nitrogens with one attached hydrogen (secondary N) is 1. The van der Waals surface area contributed by atoms with E-state index in [9.17, 15) is 4.79 Å². The van der Waals surface area contributed by atoms with Gasteiger partial charge in [-0.25, -0.2) is 0 Å². The monoisotopic (exact) mass is 401 g/mol. The number of unbranched alkanes of at least 4 members (excludes halogenated alkanes) is 3. The Labute approximate surface area is 179 Å². The molecule has 3 aromatic rings. The molecule has 2 aromatic carbocycles. The van der Waals surface area contributed by atoms with Gasteiger partial charge < -0.3 is 10.2 Å². The van der Waals surface area contributed by atoms with Crippen molar-refractivity contribution in [2.45, 2.75) is 39.0 Å². The van der Waals surface area contributed by atoms with E-state index in [4.69, 9.17) is 0 Å². The van der Waals surface area contributed by atoms with Crippen molar-refractivity contribution in [2.24, 2.45) is 0 Å². The van der Waals surface area contributed by atoms with E-state index < -0.39 is 0 Å². The van der Waals surface area contributed by atoms with Gasteiger partial charge in [0.05, 0.1) is 17.4 Å². The summed E-state index contributed by atoms with van der Waals surface area (Å²) in [7, 11) is 2.10. The first-order valence-electron chi connectivity index (χ1n) is 10.8. The largest absolute Gasteiger partial charge is 0.375 e. The summed E-state index contributed by atoms with van der Waals surface area (Å²) in [4.78, 5) is 19.2. The first-order chi connectivity index (χ1) is 14.7. The summed E-state index contributed by atoms with van der Waals surface area (Å²) in [5.41, 5.74) is 3.39. The zero-order valence-electron chi connectivity index (χ0n) is 18.0. The van der Waals surface area contributed by atoms with Crippen molar-refractivity contribution in [3.8, 4) is 0 Å². The third kappa shape index (κ3) is 6.18. The van der Waals surface area contributed by atoms with Crippen molar-refractivity contribution in [1.82, 2.24) is 4.98 Å². The molecule has 0 aliphatic heterocycles. The quantitative estimate of drug-likeness (QED) is 0.314. The van der Waals surface area contributed by atoms with E-state index in [1.54, 1.807) is 6.20 Å². The highest BCUT2D eigenvalue weighted by atomic mass is 16.1. The van der Waals surface area contributed by atoms with Gasteiger partial charge >= 0.3 is 0 Å². The molecule has 0 aliphatic carbocycles. The lowest BCUT2D eigenvalue weighted by atomic mass is 10.1. The maximum Gasteiger partial charge on any atom is 0.255 e. The number of allylic oxidation sites excluding steroid dienone is 2. The first-order valence-corrected chi connectivity index (χ1v) is 10.8. The molecule has 3 rings (SSSR count). The molecule has 0 unspecified atom stereocenters. The Balaban J connectivity index is 1.50. The van der Waals surface area contributed by atoms with Gasteiger partial charge in [0.15, 0.2) is 0 Å². The van der Waals surface area contributed by atoms with Gasteiger partial charge in [-0.15, -0.1) is 0 Å². The van der Waals surface area contributed by atoms with Gasteiger partial charge in [0.1, 0.15) is 0 Å². The number of pyridine rings is 1. The lowest BCUT2D eigenvalue weighted by molar-refractivity contribution is 0.102. The summed E-state index contributed by atoms with van der Waals surface area (Å²) in [5.74, 6) is -0.124. The number of carbonyl (C=O) groups excluding carboxylic acids is 1. The molecule has 1 N–H and O–H groups in total. The van der Waals surface area contributed by atoms with Crippen LogP contribution >= 0.6 is 0 Å². The van der Waals surface area contributed by atoms with E-state index in [-0.39, 0.29) is 5.91 Å². The molecule has 0 bridgehead atoms. The molecular weight excluding hydrogens is 370 g/mol. The normalized spacial score (nSPS) is 11.1. The summed E-state index contributed by atoms with van der Waals surface area (Å²) >= 11 is 0. The number of rotatable bonds is 10. The van der Waals surface area contributed by atoms with Gasteiger partial charge in [-0.05, 0) is 62.1 Å². The number of fused-ring (bicyclic) bond motifs is 1. The standard InChI is InChI=1S/C26H31N3O/c1-3-4-5-6-7-8-11-18-29(2)24-16-14-21(15-17-24)26(30)28-23-19-22-12-9-10-13-25(22)27-20-23/h4-5,9-10,12-17,19-20H,3,6-8,11,18H2,1-2H3,(H,28,30). The van der Waals surface area contributed by atoms with Gasteiger partial charge in [-0.1, -0.05) is 43.7 Å². The molecule has 4 nitrogen and oxygen atoms in total. The van der Waals surface area contributed by atoms with Crippen LogP contribution in [0.5, 0.6) is 0 Å². The number of aromatic nitrogens is 1. The van der Waals surface area contributed by atoms with Crippen molar-refractivity contribution < 1.29 is 4.79 Å². The van der Waals surface area contributed by atoms with Crippen LogP contribution in [0.15, 0.2) is 72.9 Å². The highest BCUT2D eigenvalue weighted by molar-refractivity contribution is 6.05. The Hall–Kier alpha value is -3.14. The molecule has 4 heteroatoms. The Morgan fingerprint density at radius 3 is 2.63 bits per heavy atom. The van der Waals surface area contributed by atoms with E-state index in [1.165, 1.54) is 25.7 Å². The number of hydrogen-bond donors (Lipinski definition) is 1. The molecule has 0 atom stereocenters. The van der Waals surface area contributed by atoms with Crippen LogP contribution in [-0.4, -0.2) is 24.5 Å². The van der Waals surface area contributed by atoms with Crippen molar-refractivity contribution >= 4 is 28.2 Å². The minimum absolute atomic E-state index is 0.124. The van der Waals surface area contributed by atoms with Gasteiger partial charge in [0, 0.05) is 30.2 Å². The fraction of sp³-hybridized carbons (Fsp3) is 0.308. The average Bonchev–Trinajstić information content (AvgIpc) is 2.78. The molecule has 156 valence electrons. The van der Waals surface area contributed by atoms with E-state index >= 15 is 0 Å². The summed E-state index contributed by atoms with van der Waals surface area (Å²) in [6, 6.07) is 17.6. The topological polar surface area (TPSA) is 45.2 Å². The number of anilines is 2. The highest BCUT2D eigenvalue weighted by Gasteiger charge is 2.08. The van der Waals surface area contributed by atoms with Gasteiger partial charge in [-0.3, -0.25) is 9.78 Å². The maximum atomic E-state index is 12.6. The van der Waals surface area contributed by atoms with Gasteiger partial charge in [0.25, 0.3) is 5.91 Å². The number of nitrogens with zero attached hydrogens (tertiary/aromatic N) is 2. The third-order valence-corrected chi connectivity index (χ3v) is 5.19. The summed E-state index contributed by atoms with van der Waals surface area (Å²) in [6.07, 6.45) is 12.2. The van der Waals surface area contributed by atoms with E-state index in [1.807, 2.05) is 54.6 Å². The molecule has 30 heavy (non-hydrogen) atoms. The third-order valence-electron chi connectivity index (χ3n) is 5.19. The van der Waals surface area contributed by atoms with Crippen molar-refractivity contribution in [2.75, 3.05) is 23.8 Å². The van der Waals surface area contributed by atoms with E-state index in [0.717, 1.165) is 29.6 Å². The minimum atomic E-state index is -0.124. The SMILES string of the molecule is CCC=CCCCCCN(C)c1ccc(C(=O)Nc2cnc3ccccc3c2)cc1. The molecule has 1 amide bonds. The van der Waals surface area contributed by atoms with Crippen LogP contribution in [0.4, 0.5) is 11.4 Å². The lowest BCUT2D eigenvalue weighted by Gasteiger charge is -2.19. The van der Waals surface area contributed by atoms with Crippen molar-refractivity contribution in [3.05, 3.63) is 78.5 Å². The lowest BCUT2D eigenvalue weighted by Crippen LogP contribution is -2.18. The predicted molar refractivity (Wildman–Crippen MR) is 127 cm³/mol. The van der Waals surface area contributed by atoms with Crippen LogP contribution < -0.4 is 10.2 Å². The van der Waals surface area contributed by atoms with Crippen LogP contribution in [0.25, 0.3) is 10.9 Å². The van der Waals surface area contributed by atoms with Crippen molar-refractivity contribution in [1.29, 1.82) is 0 Å². The fourth-order valence-electron chi connectivity index (χ4n) is 3.41. The highest BCUT2D eigenvalue weighted by Crippen LogP contribution is 2.19. The fourth-order valence-corrected chi connectivity index (χ4v) is 3.41. The number of hydrogen-bond acceptors (Lipinski definition) is 3. The number of para-hydroxylation sites is 1. The number of benzene rings is 2. The average molecular weight is 402 g/mol. The summed E-state index contributed by atoms with van der Waals surface area (Å²) in [5, 5.41) is 3.95. The Bertz CT molecular complexity index is 979. The molecule has 1 aromatic heterocycles. The van der Waals surface area contributed by atoms with Crippen LogP contribution in [0, 0.1) is 0 Å². The summed E-state index contributed by atoms with van der Waals surface area (Å²) in [6.45, 7) is 3.19. The second-order valence-corrected chi connectivity index (χ2v) is 7.57. The second kappa shape index (κ2) is 11.1. The van der Waals surface area contributed by atoms with Crippen LogP contribution in [0.2, 0.25) is 0 Å². The zero-order chi connectivity index (χ0) is 21.2. The number of amides is 1. The predicted octanol–water partition coefficient (Wildman–Crippen LogP) is 6.45. The second-order valence-electron chi connectivity index (χ2n) is 7.57. The summed E-state index contributed by atoms with van der Waals surface area (Å²) < 4.78 is 0. The van der Waals surface area contributed by atoms with Crippen molar-refractivity contribution in [3.63, 3.8) is 0 Å². The molecule has 0 fully saturated rings. The van der Waals surface area contributed by atoms with Crippen LogP contribution in [0.1, 0.15) is 49.4 Å². The Kier molecular flexibility index (Phi) is 8.02. The number of carbonyl (C=O) groups is 1. The molecule has 1 heterocycles. The van der Waals surface area contributed by atoms with Gasteiger partial charge in [-0.2, -0.15) is 0 Å². The van der Waals surface area contributed by atoms with E-state index in [0.29, 0.717) is 11.3 Å². The molecule has 0 spiro atoms. The zero-order valence-corrected chi connectivity index (χ0v) is 18.0. The molecular formula is C26H31N3O. The smallest absolute Gasteiger partial charge is 0.255 e. The molecule has 0 radical (unpaired) electrons. The molecule has 0 saturated carbocycles. The Morgan fingerprint density at radius 1 is 1.03 bits per heavy atom. The first kappa shape index (κ1) is 21.6. The minimum Gasteiger partial charge on any atom is -0.375 e. The van der Waals surface area contributed by atoms with Gasteiger partial charge in [0.2, 0.25) is 0 Å². The Morgan fingerprint density at radius 2 is 1.83 bits per heavy atom. The van der Waals surface area contributed by atoms with E-state index in [2.05, 4.69) is 41.3 Å².